The molecule has 4 N–H and O–H groups in total. The molecule has 0 fully saturated rings. The Morgan fingerprint density at radius 3 is 3.00 bits per heavy atom. The average molecular weight is 254 g/mol. The Kier molecular flexibility index (Phi) is 7.54. The number of aliphatic imine (C=N–C) groups is 1. The zero-order chi connectivity index (χ0) is 10.4. The third-order valence-corrected chi connectivity index (χ3v) is 2.80. The summed E-state index contributed by atoms with van der Waals surface area (Å²) >= 11 is 1.70. The van der Waals surface area contributed by atoms with Gasteiger partial charge >= 0.3 is 5.97 Å². The van der Waals surface area contributed by atoms with Gasteiger partial charge in [0.15, 0.2) is 5.17 Å². The second-order valence-corrected chi connectivity index (χ2v) is 4.13. The molecule has 0 bridgehead atoms. The normalized spacial score (nSPS) is 16.5. The van der Waals surface area contributed by atoms with Crippen LogP contribution in [0.1, 0.15) is 12.8 Å². The van der Waals surface area contributed by atoms with Crippen LogP contribution < -0.4 is 11.1 Å². The summed E-state index contributed by atoms with van der Waals surface area (Å²) in [5.41, 5.74) is 5.35. The van der Waals surface area contributed by atoms with E-state index in [1.54, 1.807) is 11.8 Å². The van der Waals surface area contributed by atoms with Crippen molar-refractivity contribution in [3.63, 3.8) is 0 Å². The molecule has 0 aliphatic carbocycles. The molecule has 1 aliphatic heterocycles. The smallest absolute Gasteiger partial charge is 0.320 e. The number of hydrogen-bond donors (Lipinski definition) is 3. The largest absolute Gasteiger partial charge is 0.480 e. The van der Waals surface area contributed by atoms with Crippen molar-refractivity contribution in [3.05, 3.63) is 0 Å². The zero-order valence-electron chi connectivity index (χ0n) is 8.31. The van der Waals surface area contributed by atoms with Gasteiger partial charge < -0.3 is 16.2 Å². The number of halogens is 1. The highest BCUT2D eigenvalue weighted by Gasteiger charge is 2.10. The second kappa shape index (κ2) is 7.78. The Labute approximate surface area is 99.3 Å². The molecule has 0 unspecified atom stereocenters. The van der Waals surface area contributed by atoms with E-state index in [0.29, 0.717) is 6.42 Å². The molecule has 0 amide bonds. The fourth-order valence-electron chi connectivity index (χ4n) is 1.08. The van der Waals surface area contributed by atoms with E-state index in [0.717, 1.165) is 30.4 Å². The Bertz CT molecular complexity index is 238. The molecule has 15 heavy (non-hydrogen) atoms. The van der Waals surface area contributed by atoms with Crippen molar-refractivity contribution in [2.24, 2.45) is 10.7 Å². The van der Waals surface area contributed by atoms with Crippen molar-refractivity contribution in [2.75, 3.05) is 18.8 Å². The fourth-order valence-corrected chi connectivity index (χ4v) is 1.85. The molecule has 88 valence electrons. The number of carboxylic acids is 1. The minimum absolute atomic E-state index is 0. The van der Waals surface area contributed by atoms with Gasteiger partial charge in [0.1, 0.15) is 6.04 Å². The Hall–Kier alpha value is -0.460. The second-order valence-electron chi connectivity index (χ2n) is 3.05. The highest BCUT2D eigenvalue weighted by Crippen LogP contribution is 2.08. The quantitative estimate of drug-likeness (QED) is 0.613. The minimum Gasteiger partial charge on any atom is -0.480 e. The van der Waals surface area contributed by atoms with Crippen molar-refractivity contribution in [1.82, 2.24) is 5.32 Å². The van der Waals surface area contributed by atoms with Crippen molar-refractivity contribution in [2.45, 2.75) is 18.9 Å². The summed E-state index contributed by atoms with van der Waals surface area (Å²) in [5.74, 6) is 0.106. The zero-order valence-corrected chi connectivity index (χ0v) is 9.94. The molecule has 0 aromatic heterocycles. The fraction of sp³-hybridized carbons (Fsp3) is 0.750. The number of nitrogens with one attached hydrogen (secondary N) is 1. The highest BCUT2D eigenvalue weighted by atomic mass is 35.5. The van der Waals surface area contributed by atoms with Crippen LogP contribution in [0.15, 0.2) is 4.99 Å². The number of carbonyl (C=O) groups is 1. The maximum atomic E-state index is 10.4. The molecule has 0 aromatic rings. The monoisotopic (exact) mass is 253 g/mol. The van der Waals surface area contributed by atoms with E-state index >= 15 is 0 Å². The average Bonchev–Trinajstić information content (AvgIpc) is 2.64. The van der Waals surface area contributed by atoms with E-state index in [9.17, 15) is 4.79 Å². The van der Waals surface area contributed by atoms with Crippen molar-refractivity contribution < 1.29 is 9.90 Å². The predicted molar refractivity (Wildman–Crippen MR) is 64.9 cm³/mol. The first kappa shape index (κ1) is 14.5. The lowest BCUT2D eigenvalue weighted by Crippen LogP contribution is -2.31. The summed E-state index contributed by atoms with van der Waals surface area (Å²) in [6.07, 6.45) is 1.26. The number of carboxylic acid groups (broad SMARTS) is 1. The lowest BCUT2D eigenvalue weighted by Gasteiger charge is -2.07. The molecule has 0 saturated carbocycles. The van der Waals surface area contributed by atoms with E-state index < -0.39 is 12.0 Å². The molecule has 1 rings (SSSR count). The van der Waals surface area contributed by atoms with Crippen molar-refractivity contribution in [3.8, 4) is 0 Å². The van der Waals surface area contributed by atoms with Crippen LogP contribution in [0.25, 0.3) is 0 Å². The van der Waals surface area contributed by atoms with Crippen LogP contribution in [0.4, 0.5) is 0 Å². The number of amidine groups is 1. The Balaban J connectivity index is 0.00000196. The molecule has 7 heteroatoms. The van der Waals surface area contributed by atoms with Crippen LogP contribution in [0.5, 0.6) is 0 Å². The third kappa shape index (κ3) is 5.86. The predicted octanol–water partition coefficient (Wildman–Crippen LogP) is 0.293. The summed E-state index contributed by atoms with van der Waals surface area (Å²) in [6, 6.07) is -0.741. The number of hydrogen-bond acceptors (Lipinski definition) is 5. The number of nitrogens with two attached hydrogens (primary N) is 1. The first-order valence-electron chi connectivity index (χ1n) is 4.59. The SMILES string of the molecule is Cl.N[C@@H](CCCNC1=NCCS1)C(=O)O. The maximum absolute atomic E-state index is 10.4. The van der Waals surface area contributed by atoms with Gasteiger partial charge in [-0.3, -0.25) is 9.79 Å². The maximum Gasteiger partial charge on any atom is 0.320 e. The van der Waals surface area contributed by atoms with Crippen LogP contribution in [-0.4, -0.2) is 41.1 Å². The molecular formula is C8H16ClN3O2S. The van der Waals surface area contributed by atoms with Crippen LogP contribution in [0.3, 0.4) is 0 Å². The van der Waals surface area contributed by atoms with Crippen LogP contribution >= 0.6 is 24.2 Å². The van der Waals surface area contributed by atoms with Gasteiger partial charge in [-0.25, -0.2) is 0 Å². The number of aliphatic carboxylic acids is 1. The minimum atomic E-state index is -0.933. The molecule has 1 atom stereocenters. The van der Waals surface area contributed by atoms with Gasteiger partial charge in [0.25, 0.3) is 0 Å². The van der Waals surface area contributed by atoms with Crippen molar-refractivity contribution in [1.29, 1.82) is 0 Å². The molecule has 0 radical (unpaired) electrons. The molecule has 5 nitrogen and oxygen atoms in total. The summed E-state index contributed by atoms with van der Waals surface area (Å²) < 4.78 is 0. The van der Waals surface area contributed by atoms with Gasteiger partial charge in [0.2, 0.25) is 0 Å². The van der Waals surface area contributed by atoms with Crippen molar-refractivity contribution >= 4 is 35.3 Å². The number of nitrogens with zero attached hydrogens (tertiary/aromatic N) is 1. The first-order valence-corrected chi connectivity index (χ1v) is 5.58. The summed E-state index contributed by atoms with van der Waals surface area (Å²) in [4.78, 5) is 14.6. The Morgan fingerprint density at radius 2 is 2.47 bits per heavy atom. The van der Waals surface area contributed by atoms with Crippen LogP contribution in [0, 0.1) is 0 Å². The molecule has 1 aliphatic rings. The third-order valence-electron chi connectivity index (χ3n) is 1.87. The standard InChI is InChI=1S/C8H15N3O2S.ClH/c9-6(7(12)13)2-1-3-10-8-11-4-5-14-8;/h6H,1-5,9H2,(H,10,11)(H,12,13);1H/t6-;/m0./s1. The molecule has 0 saturated heterocycles. The van der Waals surface area contributed by atoms with E-state index in [1.807, 2.05) is 0 Å². The van der Waals surface area contributed by atoms with Gasteiger partial charge in [0.05, 0.1) is 6.54 Å². The van der Waals surface area contributed by atoms with E-state index in [1.165, 1.54) is 0 Å². The first-order chi connectivity index (χ1) is 6.70. The highest BCUT2D eigenvalue weighted by molar-refractivity contribution is 8.14. The lowest BCUT2D eigenvalue weighted by molar-refractivity contribution is -0.138. The molecule has 1 heterocycles. The molecule has 0 spiro atoms. The molecular weight excluding hydrogens is 238 g/mol. The number of thioether (sulfide) groups is 1. The van der Waals surface area contributed by atoms with Gasteiger partial charge in [-0.15, -0.1) is 12.4 Å². The van der Waals surface area contributed by atoms with E-state index in [2.05, 4.69) is 10.3 Å². The van der Waals surface area contributed by atoms with Gasteiger partial charge in [0, 0.05) is 12.3 Å². The topological polar surface area (TPSA) is 87.7 Å². The van der Waals surface area contributed by atoms with Crippen LogP contribution in [0.2, 0.25) is 0 Å². The summed E-state index contributed by atoms with van der Waals surface area (Å²) in [7, 11) is 0. The van der Waals surface area contributed by atoms with Gasteiger partial charge in [-0.2, -0.15) is 0 Å². The summed E-state index contributed by atoms with van der Waals surface area (Å²) in [6.45, 7) is 1.62. The van der Waals surface area contributed by atoms with E-state index in [-0.39, 0.29) is 12.4 Å². The molecule has 0 aromatic carbocycles. The van der Waals surface area contributed by atoms with Gasteiger partial charge in [-0.1, -0.05) is 11.8 Å². The van der Waals surface area contributed by atoms with Gasteiger partial charge in [-0.05, 0) is 12.8 Å². The Morgan fingerprint density at radius 1 is 1.73 bits per heavy atom. The lowest BCUT2D eigenvalue weighted by atomic mass is 10.2. The van der Waals surface area contributed by atoms with E-state index in [4.69, 9.17) is 10.8 Å². The summed E-state index contributed by atoms with van der Waals surface area (Å²) in [5, 5.41) is 12.6. The number of rotatable bonds is 5. The van der Waals surface area contributed by atoms with Crippen LogP contribution in [-0.2, 0) is 4.79 Å².